The van der Waals surface area contributed by atoms with Crippen LogP contribution < -0.4 is 0 Å². The third-order valence-electron chi connectivity index (χ3n) is 2.76. The minimum absolute atomic E-state index is 0.176. The second kappa shape index (κ2) is 8.72. The van der Waals surface area contributed by atoms with E-state index in [0.717, 1.165) is 18.2 Å². The number of carbonyl (C=O) groups is 1. The van der Waals surface area contributed by atoms with Crippen LogP contribution in [0.2, 0.25) is 10.3 Å². The van der Waals surface area contributed by atoms with Crippen LogP contribution in [0.25, 0.3) is 0 Å². The Hall–Kier alpha value is -2.11. The van der Waals surface area contributed by atoms with E-state index in [2.05, 4.69) is 9.97 Å². The van der Waals surface area contributed by atoms with Crippen molar-refractivity contribution in [1.29, 1.82) is 0 Å². The van der Waals surface area contributed by atoms with Gasteiger partial charge in [-0.2, -0.15) is 26.3 Å². The zero-order chi connectivity index (χ0) is 21.0. The molecule has 13 heteroatoms. The molecule has 0 saturated carbocycles. The lowest BCUT2D eigenvalue weighted by Crippen LogP contribution is -2.10. The van der Waals surface area contributed by atoms with Gasteiger partial charge >= 0.3 is 18.3 Å². The quantitative estimate of drug-likeness (QED) is 0.526. The molecular weight excluding hydrogens is 429 g/mol. The zero-order valence-corrected chi connectivity index (χ0v) is 14.2. The van der Waals surface area contributed by atoms with Crippen molar-refractivity contribution >= 4 is 29.2 Å². The number of aliphatic hydroxyl groups excluding tert-OH is 1. The summed E-state index contributed by atoms with van der Waals surface area (Å²) in [6.45, 7) is -0.427. The SMILES string of the molecule is O=C(O)c1ccc(C(F)(F)F)nc1Cl.OCc1ccc(C(F)(F)F)nc1Cl. The lowest BCUT2D eigenvalue weighted by atomic mass is 10.2. The lowest BCUT2D eigenvalue weighted by Gasteiger charge is -2.06. The molecule has 2 aromatic heterocycles. The van der Waals surface area contributed by atoms with E-state index in [4.69, 9.17) is 33.4 Å². The van der Waals surface area contributed by atoms with Crippen molar-refractivity contribution in [1.82, 2.24) is 9.97 Å². The molecule has 2 aromatic rings. The van der Waals surface area contributed by atoms with Gasteiger partial charge in [-0.25, -0.2) is 14.8 Å². The number of hydrogen-bond acceptors (Lipinski definition) is 4. The van der Waals surface area contributed by atoms with Gasteiger partial charge in [0, 0.05) is 5.56 Å². The van der Waals surface area contributed by atoms with Crippen LogP contribution in [-0.2, 0) is 19.0 Å². The number of aromatic nitrogens is 2. The van der Waals surface area contributed by atoms with Gasteiger partial charge in [0.2, 0.25) is 0 Å². The maximum Gasteiger partial charge on any atom is 0.433 e. The number of aliphatic hydroxyl groups is 1. The van der Waals surface area contributed by atoms with Crippen LogP contribution in [0.1, 0.15) is 27.3 Å². The van der Waals surface area contributed by atoms with Crippen molar-refractivity contribution in [2.75, 3.05) is 0 Å². The van der Waals surface area contributed by atoms with E-state index in [1.807, 2.05) is 0 Å². The van der Waals surface area contributed by atoms with Crippen LogP contribution in [0.15, 0.2) is 24.3 Å². The van der Waals surface area contributed by atoms with Gasteiger partial charge in [0.15, 0.2) is 0 Å². The highest BCUT2D eigenvalue weighted by molar-refractivity contribution is 6.32. The number of rotatable bonds is 2. The van der Waals surface area contributed by atoms with E-state index < -0.39 is 47.0 Å². The Morgan fingerprint density at radius 2 is 1.33 bits per heavy atom. The van der Waals surface area contributed by atoms with E-state index in [9.17, 15) is 31.1 Å². The van der Waals surface area contributed by atoms with Crippen LogP contribution in [0, 0.1) is 0 Å². The van der Waals surface area contributed by atoms with Crippen LogP contribution in [0.5, 0.6) is 0 Å². The third kappa shape index (κ3) is 6.52. The maximum absolute atomic E-state index is 12.0. The first-order valence-electron chi connectivity index (χ1n) is 6.58. The molecule has 0 aliphatic carbocycles. The first-order valence-corrected chi connectivity index (χ1v) is 7.33. The fourth-order valence-electron chi connectivity index (χ4n) is 1.49. The van der Waals surface area contributed by atoms with Crippen LogP contribution >= 0.6 is 23.2 Å². The summed E-state index contributed by atoms with van der Waals surface area (Å²) >= 11 is 10.6. The zero-order valence-electron chi connectivity index (χ0n) is 12.7. The summed E-state index contributed by atoms with van der Waals surface area (Å²) in [6, 6.07) is 3.20. The molecular formula is C14H8Cl2F6N2O3. The lowest BCUT2D eigenvalue weighted by molar-refractivity contribution is -0.142. The molecule has 0 amide bonds. The second-order valence-corrected chi connectivity index (χ2v) is 5.36. The molecule has 5 nitrogen and oxygen atoms in total. The average molecular weight is 437 g/mol. The van der Waals surface area contributed by atoms with E-state index in [-0.39, 0.29) is 10.7 Å². The molecule has 0 saturated heterocycles. The summed E-state index contributed by atoms with van der Waals surface area (Å²) in [5.41, 5.74) is -2.56. The largest absolute Gasteiger partial charge is 0.478 e. The minimum atomic E-state index is -4.62. The number of carboxylic acids is 1. The van der Waals surface area contributed by atoms with Crippen LogP contribution in [0.4, 0.5) is 26.3 Å². The third-order valence-corrected chi connectivity index (χ3v) is 3.37. The first kappa shape index (κ1) is 22.9. The Bertz CT molecular complexity index is 827. The molecule has 0 radical (unpaired) electrons. The van der Waals surface area contributed by atoms with E-state index in [1.165, 1.54) is 0 Å². The molecule has 0 aliphatic heterocycles. The monoisotopic (exact) mass is 436 g/mol. The highest BCUT2D eigenvalue weighted by Gasteiger charge is 2.33. The summed E-state index contributed by atoms with van der Waals surface area (Å²) < 4.78 is 72.2. The van der Waals surface area contributed by atoms with Crippen molar-refractivity contribution in [3.8, 4) is 0 Å². The van der Waals surface area contributed by atoms with Gasteiger partial charge in [-0.1, -0.05) is 29.3 Å². The van der Waals surface area contributed by atoms with E-state index >= 15 is 0 Å². The summed E-state index contributed by atoms with van der Waals surface area (Å²) in [5, 5.41) is 16.1. The van der Waals surface area contributed by atoms with Crippen molar-refractivity contribution in [3.05, 3.63) is 57.1 Å². The van der Waals surface area contributed by atoms with Gasteiger partial charge < -0.3 is 10.2 Å². The predicted octanol–water partition coefficient (Wildman–Crippen LogP) is 4.70. The number of carboxylic acid groups (broad SMARTS) is 1. The Balaban J connectivity index is 0.000000271. The van der Waals surface area contributed by atoms with E-state index in [0.29, 0.717) is 6.07 Å². The number of pyridine rings is 2. The molecule has 2 heterocycles. The Morgan fingerprint density at radius 3 is 1.67 bits per heavy atom. The number of hydrogen-bond donors (Lipinski definition) is 2. The number of halogens is 8. The smallest absolute Gasteiger partial charge is 0.433 e. The molecule has 0 fully saturated rings. The van der Waals surface area contributed by atoms with Gasteiger partial charge in [-0.3, -0.25) is 0 Å². The summed E-state index contributed by atoms with van der Waals surface area (Å²) in [6.07, 6.45) is -9.13. The number of alkyl halides is 6. The molecule has 0 unspecified atom stereocenters. The first-order chi connectivity index (χ1) is 12.3. The summed E-state index contributed by atoms with van der Waals surface area (Å²) in [7, 11) is 0. The Morgan fingerprint density at radius 1 is 0.889 bits per heavy atom. The second-order valence-electron chi connectivity index (χ2n) is 4.64. The van der Waals surface area contributed by atoms with Crippen molar-refractivity contribution < 1.29 is 41.4 Å². The van der Waals surface area contributed by atoms with Crippen LogP contribution in [-0.4, -0.2) is 26.2 Å². The normalized spacial score (nSPS) is 11.6. The molecule has 148 valence electrons. The molecule has 0 aliphatic rings. The van der Waals surface area contributed by atoms with Gasteiger partial charge in [0.25, 0.3) is 0 Å². The highest BCUT2D eigenvalue weighted by atomic mass is 35.5. The average Bonchev–Trinajstić information content (AvgIpc) is 2.53. The van der Waals surface area contributed by atoms with Crippen LogP contribution in [0.3, 0.4) is 0 Å². The summed E-state index contributed by atoms with van der Waals surface area (Å²) in [4.78, 5) is 16.4. The molecule has 0 bridgehead atoms. The highest BCUT2D eigenvalue weighted by Crippen LogP contribution is 2.30. The topological polar surface area (TPSA) is 83.3 Å². The van der Waals surface area contributed by atoms with Gasteiger partial charge in [-0.15, -0.1) is 0 Å². The number of nitrogens with zero attached hydrogens (tertiary/aromatic N) is 2. The Labute approximate surface area is 157 Å². The van der Waals surface area contributed by atoms with Gasteiger partial charge in [-0.05, 0) is 18.2 Å². The summed E-state index contributed by atoms with van der Waals surface area (Å²) in [5.74, 6) is -1.42. The molecule has 2 N–H and O–H groups in total. The van der Waals surface area contributed by atoms with Gasteiger partial charge in [0.05, 0.1) is 12.2 Å². The molecule has 0 spiro atoms. The predicted molar refractivity (Wildman–Crippen MR) is 81.4 cm³/mol. The molecule has 0 atom stereocenters. The molecule has 2 rings (SSSR count). The molecule has 27 heavy (non-hydrogen) atoms. The fraction of sp³-hybridized carbons (Fsp3) is 0.214. The van der Waals surface area contributed by atoms with E-state index in [1.54, 1.807) is 0 Å². The van der Waals surface area contributed by atoms with Crippen molar-refractivity contribution in [2.24, 2.45) is 0 Å². The van der Waals surface area contributed by atoms with Gasteiger partial charge in [0.1, 0.15) is 21.7 Å². The number of aromatic carboxylic acids is 1. The Kier molecular flexibility index (Phi) is 7.40. The fourth-order valence-corrected chi connectivity index (χ4v) is 1.94. The minimum Gasteiger partial charge on any atom is -0.478 e. The maximum atomic E-state index is 12.0. The van der Waals surface area contributed by atoms with Crippen molar-refractivity contribution in [3.63, 3.8) is 0 Å². The van der Waals surface area contributed by atoms with Crippen molar-refractivity contribution in [2.45, 2.75) is 19.0 Å². The molecule has 0 aromatic carbocycles. The standard InChI is InChI=1S/C7H3ClF3NO2.C7H5ClF3NO/c8-5-3(6(13)14)1-2-4(12-5)7(9,10)11;8-6-4(3-13)1-2-5(12-6)7(9,10)11/h1-2H,(H,13,14);1-2,13H,3H2.